The summed E-state index contributed by atoms with van der Waals surface area (Å²) in [5.74, 6) is 0.823. The summed E-state index contributed by atoms with van der Waals surface area (Å²) in [6.07, 6.45) is 0. The quantitative estimate of drug-likeness (QED) is 0.193. The van der Waals surface area contributed by atoms with E-state index in [1.807, 2.05) is 0 Å². The monoisotopic (exact) mass is 572 g/mol. The Morgan fingerprint density at radius 3 is 1.38 bits per heavy atom. The second kappa shape index (κ2) is 8.74. The lowest BCUT2D eigenvalue weighted by molar-refractivity contribution is 0.516. The maximum absolute atomic E-state index is 5.74. The Labute approximate surface area is 261 Å². The molecule has 0 N–H and O–H groups in total. The molecule has 0 aliphatic heterocycles. The average Bonchev–Trinajstić information content (AvgIpc) is 3.12. The Kier molecular flexibility index (Phi) is 4.82. The molecule has 1 heterocycles. The Hall–Kier alpha value is -5.60. The van der Waals surface area contributed by atoms with Crippen LogP contribution in [0.15, 0.2) is 152 Å². The van der Waals surface area contributed by atoms with E-state index in [9.17, 15) is 0 Å². The molecule has 2 bridgehead atoms. The van der Waals surface area contributed by atoms with Gasteiger partial charge in [0.2, 0.25) is 0 Å². The zero-order valence-corrected chi connectivity index (χ0v) is 24.8. The molecular formula is C43H28N2. The van der Waals surface area contributed by atoms with Gasteiger partial charge in [0.15, 0.2) is 0 Å². The number of fused-ring (bicyclic) bond motifs is 6. The molecule has 8 aromatic rings. The van der Waals surface area contributed by atoms with Gasteiger partial charge in [0.1, 0.15) is 11.2 Å². The summed E-state index contributed by atoms with van der Waals surface area (Å²) in [6, 6.07) is 55.0. The van der Waals surface area contributed by atoms with Crippen molar-refractivity contribution in [2.45, 2.75) is 17.8 Å². The van der Waals surface area contributed by atoms with E-state index in [4.69, 9.17) is 9.97 Å². The fourth-order valence-electron chi connectivity index (χ4n) is 8.71. The first-order valence-electron chi connectivity index (χ1n) is 15.7. The summed E-state index contributed by atoms with van der Waals surface area (Å²) >= 11 is 0. The molecule has 210 valence electrons. The predicted molar refractivity (Wildman–Crippen MR) is 184 cm³/mol. The third kappa shape index (κ3) is 2.95. The van der Waals surface area contributed by atoms with E-state index >= 15 is 0 Å². The highest BCUT2D eigenvalue weighted by molar-refractivity contribution is 6.26. The van der Waals surface area contributed by atoms with Gasteiger partial charge >= 0.3 is 0 Å². The van der Waals surface area contributed by atoms with Gasteiger partial charge in [-0.15, -0.1) is 0 Å². The number of hydrogen-bond acceptors (Lipinski definition) is 2. The van der Waals surface area contributed by atoms with Crippen LogP contribution in [-0.4, -0.2) is 9.97 Å². The maximum Gasteiger partial charge on any atom is 0.149 e. The molecular weight excluding hydrogens is 544 g/mol. The number of hydrogen-bond donors (Lipinski definition) is 0. The molecule has 0 saturated carbocycles. The first kappa shape index (κ1) is 24.8. The minimum absolute atomic E-state index is 0.270. The van der Waals surface area contributed by atoms with Gasteiger partial charge in [-0.2, -0.15) is 0 Å². The van der Waals surface area contributed by atoms with Gasteiger partial charge in [0.05, 0.1) is 11.2 Å². The van der Waals surface area contributed by atoms with Crippen molar-refractivity contribution in [2.75, 3.05) is 0 Å². The van der Waals surface area contributed by atoms with Crippen LogP contribution in [0.4, 0.5) is 0 Å². The zero-order chi connectivity index (χ0) is 29.8. The molecule has 0 amide bonds. The molecule has 3 aliphatic carbocycles. The summed E-state index contributed by atoms with van der Waals surface area (Å²) in [4.78, 5) is 11.5. The molecule has 0 spiro atoms. The van der Waals surface area contributed by atoms with Gasteiger partial charge in [-0.1, -0.05) is 152 Å². The molecule has 7 aromatic carbocycles. The number of benzene rings is 7. The van der Waals surface area contributed by atoms with Crippen molar-refractivity contribution in [1.82, 2.24) is 9.97 Å². The van der Waals surface area contributed by atoms with Gasteiger partial charge in [-0.05, 0) is 56.5 Å². The fraction of sp³-hybridized carbons (Fsp3) is 0.0698. The van der Waals surface area contributed by atoms with Crippen molar-refractivity contribution in [3.63, 3.8) is 0 Å². The summed E-state index contributed by atoms with van der Waals surface area (Å²) in [6.45, 7) is 2.39. The molecule has 0 atom stereocenters. The van der Waals surface area contributed by atoms with Crippen LogP contribution in [-0.2, 0) is 10.8 Å². The zero-order valence-electron chi connectivity index (χ0n) is 24.8. The predicted octanol–water partition coefficient (Wildman–Crippen LogP) is 9.97. The first-order valence-corrected chi connectivity index (χ1v) is 15.7. The highest BCUT2D eigenvalue weighted by Crippen LogP contribution is 2.63. The molecule has 1 aromatic heterocycles. The highest BCUT2D eigenvalue weighted by Gasteiger charge is 2.59. The van der Waals surface area contributed by atoms with Crippen molar-refractivity contribution in [3.8, 4) is 11.3 Å². The topological polar surface area (TPSA) is 25.8 Å². The van der Waals surface area contributed by atoms with Crippen LogP contribution in [0.1, 0.15) is 46.1 Å². The summed E-state index contributed by atoms with van der Waals surface area (Å²) < 4.78 is 0. The van der Waals surface area contributed by atoms with Gasteiger partial charge in [-0.3, -0.25) is 0 Å². The average molecular weight is 573 g/mol. The minimum atomic E-state index is -0.675. The van der Waals surface area contributed by atoms with Crippen LogP contribution >= 0.6 is 0 Å². The van der Waals surface area contributed by atoms with Crippen LogP contribution in [0.2, 0.25) is 0 Å². The van der Waals surface area contributed by atoms with E-state index in [0.29, 0.717) is 0 Å². The van der Waals surface area contributed by atoms with Crippen molar-refractivity contribution in [2.24, 2.45) is 0 Å². The number of nitrogens with zero attached hydrogens (tertiary/aromatic N) is 2. The molecule has 3 aliphatic rings. The summed E-state index contributed by atoms with van der Waals surface area (Å²) in [5, 5.41) is 5.86. The van der Waals surface area contributed by atoms with Crippen molar-refractivity contribution < 1.29 is 0 Å². The van der Waals surface area contributed by atoms with Crippen molar-refractivity contribution >= 4 is 32.4 Å². The lowest BCUT2D eigenvalue weighted by Gasteiger charge is -2.54. The second-order valence-corrected chi connectivity index (χ2v) is 12.6. The van der Waals surface area contributed by atoms with E-state index in [1.165, 1.54) is 49.5 Å². The van der Waals surface area contributed by atoms with E-state index in [1.54, 1.807) is 0 Å². The molecule has 0 fully saturated rings. The molecule has 45 heavy (non-hydrogen) atoms. The third-order valence-corrected chi connectivity index (χ3v) is 10.6. The van der Waals surface area contributed by atoms with E-state index < -0.39 is 5.41 Å². The Balaban J connectivity index is 1.47. The fourth-order valence-corrected chi connectivity index (χ4v) is 8.71. The van der Waals surface area contributed by atoms with Gasteiger partial charge in [-0.25, -0.2) is 9.97 Å². The lowest BCUT2D eigenvalue weighted by atomic mass is 9.47. The molecule has 2 nitrogen and oxygen atoms in total. The lowest BCUT2D eigenvalue weighted by Crippen LogP contribution is -2.50. The van der Waals surface area contributed by atoms with Gasteiger partial charge in [0.25, 0.3) is 0 Å². The van der Waals surface area contributed by atoms with E-state index in [-0.39, 0.29) is 5.41 Å². The smallest absolute Gasteiger partial charge is 0.149 e. The Morgan fingerprint density at radius 2 is 0.822 bits per heavy atom. The minimum Gasteiger partial charge on any atom is -0.230 e. The highest BCUT2D eigenvalue weighted by atomic mass is 14.9. The second-order valence-electron chi connectivity index (χ2n) is 12.6. The molecule has 2 heteroatoms. The van der Waals surface area contributed by atoms with Gasteiger partial charge in [0, 0.05) is 21.8 Å². The van der Waals surface area contributed by atoms with Crippen LogP contribution in [0.3, 0.4) is 0 Å². The largest absolute Gasteiger partial charge is 0.230 e. The van der Waals surface area contributed by atoms with Gasteiger partial charge < -0.3 is 0 Å². The van der Waals surface area contributed by atoms with E-state index in [2.05, 4.69) is 159 Å². The standard InChI is InChI=1S/C43H28N2/c1-42-32-21-9-12-24-35(32)43(36-25-13-10-22-33(36)42,37-26-14-11-23-34(37)42)41-44-39(27-15-3-2-4-16-27)38-30-19-7-5-17-28(30)29-18-6-8-20-31(29)40(38)45-41/h2-26H,1H3. The molecule has 0 radical (unpaired) electrons. The van der Waals surface area contributed by atoms with Crippen LogP contribution in [0.25, 0.3) is 43.7 Å². The summed E-state index contributed by atoms with van der Waals surface area (Å²) in [7, 11) is 0. The van der Waals surface area contributed by atoms with Crippen LogP contribution in [0, 0.1) is 0 Å². The Bertz CT molecular complexity index is 2390. The molecule has 0 unspecified atom stereocenters. The molecule has 11 rings (SSSR count). The normalized spacial score (nSPS) is 19.4. The SMILES string of the molecule is CC12c3ccccc3C(c3nc(-c4ccccc4)c4c5ccccc5c5ccccc5c4n3)(c3ccccc31)c1ccccc12. The van der Waals surface area contributed by atoms with Crippen LogP contribution in [0.5, 0.6) is 0 Å². The number of aromatic nitrogens is 2. The Morgan fingerprint density at radius 1 is 0.400 bits per heavy atom. The van der Waals surface area contributed by atoms with Crippen molar-refractivity contribution in [3.05, 3.63) is 191 Å². The maximum atomic E-state index is 5.74. The van der Waals surface area contributed by atoms with E-state index in [0.717, 1.165) is 33.4 Å². The van der Waals surface area contributed by atoms with Crippen molar-refractivity contribution in [1.29, 1.82) is 0 Å². The third-order valence-electron chi connectivity index (χ3n) is 10.6. The first-order chi connectivity index (χ1) is 22.2. The van der Waals surface area contributed by atoms with Crippen LogP contribution < -0.4 is 0 Å². The number of rotatable bonds is 2. The molecule has 0 saturated heterocycles. The summed E-state index contributed by atoms with van der Waals surface area (Å²) in [5.41, 5.74) is 9.92.